The van der Waals surface area contributed by atoms with Crippen molar-refractivity contribution in [1.29, 1.82) is 0 Å². The molecule has 0 spiro atoms. The molecular formula is C16H19N3O3S. The number of hydrogen-bond acceptors (Lipinski definition) is 5. The van der Waals surface area contributed by atoms with Crippen molar-refractivity contribution >= 4 is 17.7 Å². The van der Waals surface area contributed by atoms with Gasteiger partial charge in [-0.1, -0.05) is 12.1 Å². The van der Waals surface area contributed by atoms with Crippen molar-refractivity contribution in [1.82, 2.24) is 15.5 Å². The Hall–Kier alpha value is -1.99. The Balaban J connectivity index is 1.77. The van der Waals surface area contributed by atoms with Gasteiger partial charge in [-0.15, -0.1) is 0 Å². The number of aliphatic hydroxyl groups excluding tert-OH is 1. The Bertz CT molecular complexity index is 695. The highest BCUT2D eigenvalue weighted by Crippen LogP contribution is 2.29. The lowest BCUT2D eigenvalue weighted by molar-refractivity contribution is 0.0812. The second-order valence-corrected chi connectivity index (χ2v) is 6.91. The normalized spacial score (nSPS) is 16.9. The highest BCUT2D eigenvalue weighted by molar-refractivity contribution is 7.99. The number of benzene rings is 1. The molecule has 0 bridgehead atoms. The number of rotatable bonds is 4. The number of aromatic hydroxyl groups is 1. The maximum absolute atomic E-state index is 12.4. The number of nitrogens with zero attached hydrogens (tertiary/aromatic N) is 1. The number of phenols is 1. The van der Waals surface area contributed by atoms with E-state index in [9.17, 15) is 15.0 Å². The molecule has 1 amide bonds. The molecule has 2 heterocycles. The van der Waals surface area contributed by atoms with Crippen LogP contribution in [0.3, 0.4) is 0 Å². The van der Waals surface area contributed by atoms with Gasteiger partial charge in [0, 0.05) is 5.56 Å². The van der Waals surface area contributed by atoms with Gasteiger partial charge in [0.1, 0.15) is 11.4 Å². The summed E-state index contributed by atoms with van der Waals surface area (Å²) < 4.78 is 0. The predicted molar refractivity (Wildman–Crippen MR) is 89.5 cm³/mol. The Kier molecular flexibility index (Phi) is 4.58. The minimum Gasteiger partial charge on any atom is -0.507 e. The predicted octanol–water partition coefficient (Wildman–Crippen LogP) is 1.77. The fourth-order valence-electron chi connectivity index (χ4n) is 2.66. The van der Waals surface area contributed by atoms with Gasteiger partial charge in [0.15, 0.2) is 0 Å². The topological polar surface area (TPSA) is 98.2 Å². The molecule has 23 heavy (non-hydrogen) atoms. The summed E-state index contributed by atoms with van der Waals surface area (Å²) in [5.74, 6) is 1.67. The Labute approximate surface area is 138 Å². The first kappa shape index (κ1) is 15.9. The third-order valence-electron chi connectivity index (χ3n) is 4.13. The van der Waals surface area contributed by atoms with Gasteiger partial charge in [-0.2, -0.15) is 16.9 Å². The van der Waals surface area contributed by atoms with Gasteiger partial charge in [-0.25, -0.2) is 0 Å². The molecule has 0 radical (unpaired) electrons. The Morgan fingerprint density at radius 3 is 2.78 bits per heavy atom. The van der Waals surface area contributed by atoms with E-state index in [2.05, 4.69) is 15.5 Å². The zero-order valence-corrected chi connectivity index (χ0v) is 13.4. The van der Waals surface area contributed by atoms with Gasteiger partial charge >= 0.3 is 0 Å². The van der Waals surface area contributed by atoms with Crippen LogP contribution in [0.2, 0.25) is 0 Å². The number of thioether (sulfide) groups is 1. The van der Waals surface area contributed by atoms with Crippen LogP contribution in [0.15, 0.2) is 30.3 Å². The van der Waals surface area contributed by atoms with E-state index in [0.29, 0.717) is 17.0 Å². The zero-order valence-electron chi connectivity index (χ0n) is 12.6. The number of aromatic amines is 1. The molecule has 2 aromatic rings. The lowest BCUT2D eigenvalue weighted by Crippen LogP contribution is -2.53. The number of hydrogen-bond donors (Lipinski definition) is 4. The van der Waals surface area contributed by atoms with Crippen LogP contribution < -0.4 is 5.32 Å². The molecule has 1 aromatic heterocycles. The number of phenolic OH excluding ortho intramolecular Hbond substituents is 1. The monoisotopic (exact) mass is 333 g/mol. The van der Waals surface area contributed by atoms with Crippen molar-refractivity contribution in [2.75, 3.05) is 18.1 Å². The summed E-state index contributed by atoms with van der Waals surface area (Å²) >= 11 is 1.83. The largest absolute Gasteiger partial charge is 0.507 e. The van der Waals surface area contributed by atoms with Crippen molar-refractivity contribution in [2.24, 2.45) is 0 Å². The zero-order chi connectivity index (χ0) is 16.3. The van der Waals surface area contributed by atoms with Crippen LogP contribution in [0.4, 0.5) is 0 Å². The van der Waals surface area contributed by atoms with Gasteiger partial charge in [0.25, 0.3) is 5.91 Å². The highest BCUT2D eigenvalue weighted by Gasteiger charge is 2.33. The first-order valence-corrected chi connectivity index (χ1v) is 8.64. The smallest absolute Gasteiger partial charge is 0.269 e. The van der Waals surface area contributed by atoms with E-state index in [1.54, 1.807) is 30.3 Å². The molecule has 1 fully saturated rings. The molecule has 4 N–H and O–H groups in total. The van der Waals surface area contributed by atoms with Crippen LogP contribution in [0.25, 0.3) is 11.3 Å². The molecule has 122 valence electrons. The molecule has 6 nitrogen and oxygen atoms in total. The fraction of sp³-hybridized carbons (Fsp3) is 0.375. The molecule has 1 aromatic carbocycles. The molecule has 1 saturated heterocycles. The summed E-state index contributed by atoms with van der Waals surface area (Å²) in [4.78, 5) is 12.4. The molecule has 0 saturated carbocycles. The summed E-state index contributed by atoms with van der Waals surface area (Å²) in [5.41, 5.74) is 0.830. The summed E-state index contributed by atoms with van der Waals surface area (Å²) in [6.07, 6.45) is 1.50. The molecule has 1 aliphatic heterocycles. The van der Waals surface area contributed by atoms with Crippen molar-refractivity contribution in [3.8, 4) is 17.0 Å². The van der Waals surface area contributed by atoms with E-state index < -0.39 is 5.54 Å². The molecule has 3 rings (SSSR count). The van der Waals surface area contributed by atoms with Gasteiger partial charge in [0.05, 0.1) is 17.8 Å². The van der Waals surface area contributed by atoms with Crippen molar-refractivity contribution in [2.45, 2.75) is 18.4 Å². The van der Waals surface area contributed by atoms with E-state index in [-0.39, 0.29) is 18.3 Å². The van der Waals surface area contributed by atoms with Gasteiger partial charge in [-0.05, 0) is 42.5 Å². The van der Waals surface area contributed by atoms with E-state index in [1.807, 2.05) is 11.8 Å². The number of H-pyrrole nitrogens is 1. The lowest BCUT2D eigenvalue weighted by Gasteiger charge is -2.35. The van der Waals surface area contributed by atoms with Crippen LogP contribution in [-0.2, 0) is 0 Å². The quantitative estimate of drug-likeness (QED) is 0.683. The molecule has 0 unspecified atom stereocenters. The summed E-state index contributed by atoms with van der Waals surface area (Å²) in [6, 6.07) is 8.44. The highest BCUT2D eigenvalue weighted by atomic mass is 32.2. The third-order valence-corrected chi connectivity index (χ3v) is 5.12. The number of carbonyl (C=O) groups excluding carboxylic acids is 1. The van der Waals surface area contributed by atoms with Crippen LogP contribution in [0, 0.1) is 0 Å². The minimum absolute atomic E-state index is 0.0697. The van der Waals surface area contributed by atoms with Crippen LogP contribution >= 0.6 is 11.8 Å². The van der Waals surface area contributed by atoms with Crippen molar-refractivity contribution < 1.29 is 15.0 Å². The van der Waals surface area contributed by atoms with Gasteiger partial charge < -0.3 is 15.5 Å². The molecular weight excluding hydrogens is 314 g/mol. The average molecular weight is 333 g/mol. The fourth-order valence-corrected chi connectivity index (χ4v) is 3.93. The summed E-state index contributed by atoms with van der Waals surface area (Å²) in [6.45, 7) is -0.0697. The van der Waals surface area contributed by atoms with E-state index in [1.165, 1.54) is 0 Å². The summed E-state index contributed by atoms with van der Waals surface area (Å²) in [7, 11) is 0. The average Bonchev–Trinajstić information content (AvgIpc) is 3.06. The molecule has 0 aliphatic carbocycles. The van der Waals surface area contributed by atoms with Crippen LogP contribution in [0.5, 0.6) is 5.75 Å². The van der Waals surface area contributed by atoms with Gasteiger partial charge in [-0.3, -0.25) is 9.89 Å². The van der Waals surface area contributed by atoms with Crippen LogP contribution in [-0.4, -0.2) is 50.0 Å². The first-order valence-electron chi connectivity index (χ1n) is 7.48. The van der Waals surface area contributed by atoms with Crippen LogP contribution in [0.1, 0.15) is 23.3 Å². The minimum atomic E-state index is -0.553. The van der Waals surface area contributed by atoms with E-state index in [4.69, 9.17) is 0 Å². The van der Waals surface area contributed by atoms with E-state index >= 15 is 0 Å². The number of carbonyl (C=O) groups is 1. The number of aliphatic hydroxyl groups is 1. The number of aromatic nitrogens is 2. The lowest BCUT2D eigenvalue weighted by atomic mass is 9.93. The first-order chi connectivity index (χ1) is 11.1. The number of para-hydroxylation sites is 1. The second-order valence-electron chi connectivity index (χ2n) is 5.69. The van der Waals surface area contributed by atoms with E-state index in [0.717, 1.165) is 24.3 Å². The Morgan fingerprint density at radius 2 is 2.09 bits per heavy atom. The standard InChI is InChI=1S/C16H19N3O3S/c20-10-16(5-7-23-8-6-16)17-15(22)13-9-12(18-19-13)11-3-1-2-4-14(11)21/h1-4,9,20-21H,5-8,10H2,(H,17,22)(H,18,19). The summed E-state index contributed by atoms with van der Waals surface area (Å²) in [5, 5.41) is 29.3. The van der Waals surface area contributed by atoms with Crippen molar-refractivity contribution in [3.05, 3.63) is 36.0 Å². The molecule has 0 atom stereocenters. The maximum atomic E-state index is 12.4. The maximum Gasteiger partial charge on any atom is 0.269 e. The van der Waals surface area contributed by atoms with Gasteiger partial charge in [0.2, 0.25) is 0 Å². The number of nitrogens with one attached hydrogen (secondary N) is 2. The second kappa shape index (κ2) is 6.64. The molecule has 7 heteroatoms. The SMILES string of the molecule is O=C(NC1(CO)CCSCC1)c1cc(-c2ccccc2O)n[nH]1. The Morgan fingerprint density at radius 1 is 1.35 bits per heavy atom. The molecule has 1 aliphatic rings. The third kappa shape index (κ3) is 3.35. The number of amides is 1. The van der Waals surface area contributed by atoms with Crippen molar-refractivity contribution in [3.63, 3.8) is 0 Å².